The number of terminal acetylenes is 1. The van der Waals surface area contributed by atoms with E-state index in [4.69, 9.17) is 11.2 Å². The van der Waals surface area contributed by atoms with Crippen molar-refractivity contribution in [2.45, 2.75) is 5.60 Å². The Bertz CT molecular complexity index is 674. The number of hydrogen-bond acceptors (Lipinski definition) is 1. The monoisotopic (exact) mass is 298 g/mol. The van der Waals surface area contributed by atoms with Gasteiger partial charge in [-0.25, -0.2) is 0 Å². The molecule has 0 atom stereocenters. The topological polar surface area (TPSA) is 9.23 Å². The molecule has 1 heteroatoms. The van der Waals surface area contributed by atoms with E-state index < -0.39 is 5.60 Å². The molecule has 0 N–H and O–H groups in total. The summed E-state index contributed by atoms with van der Waals surface area (Å²) in [5.74, 6) is 2.61. The minimum absolute atomic E-state index is 0.235. The third-order valence-electron chi connectivity index (χ3n) is 3.91. The van der Waals surface area contributed by atoms with E-state index in [0.29, 0.717) is 0 Å². The van der Waals surface area contributed by atoms with Gasteiger partial charge in [-0.1, -0.05) is 96.9 Å². The average Bonchev–Trinajstić information content (AvgIpc) is 2.65. The summed E-state index contributed by atoms with van der Waals surface area (Å²) in [5.41, 5.74) is 2.48. The molecule has 0 aromatic heterocycles. The van der Waals surface area contributed by atoms with Crippen LogP contribution in [0.4, 0.5) is 0 Å². The Kier molecular flexibility index (Phi) is 4.57. The quantitative estimate of drug-likeness (QED) is 0.493. The molecule has 0 amide bonds. The molecule has 3 aromatic carbocycles. The van der Waals surface area contributed by atoms with Crippen LogP contribution < -0.4 is 0 Å². The average molecular weight is 298 g/mol. The standard InChI is InChI=1S/C22H18O/c1-2-18-23-22(19-12-6-3-7-13-19,20-14-8-4-9-15-20)21-16-10-5-11-17-21/h1,3-17H,18H2. The van der Waals surface area contributed by atoms with Crippen LogP contribution >= 0.6 is 0 Å². The lowest BCUT2D eigenvalue weighted by Gasteiger charge is -2.35. The van der Waals surface area contributed by atoms with Crippen molar-refractivity contribution in [1.82, 2.24) is 0 Å². The highest BCUT2D eigenvalue weighted by atomic mass is 16.5. The summed E-state index contributed by atoms with van der Waals surface area (Å²) in [4.78, 5) is 0. The lowest BCUT2D eigenvalue weighted by atomic mass is 9.80. The van der Waals surface area contributed by atoms with Gasteiger partial charge in [-0.05, 0) is 16.7 Å². The molecule has 0 spiro atoms. The first-order valence-electron chi connectivity index (χ1n) is 7.62. The van der Waals surface area contributed by atoms with Crippen LogP contribution in [0.25, 0.3) is 0 Å². The van der Waals surface area contributed by atoms with Crippen molar-refractivity contribution in [3.63, 3.8) is 0 Å². The van der Waals surface area contributed by atoms with E-state index in [-0.39, 0.29) is 6.61 Å². The van der Waals surface area contributed by atoms with Gasteiger partial charge in [0, 0.05) is 0 Å². The molecule has 23 heavy (non-hydrogen) atoms. The van der Waals surface area contributed by atoms with Crippen LogP contribution in [0.1, 0.15) is 16.7 Å². The van der Waals surface area contributed by atoms with Crippen molar-refractivity contribution in [2.75, 3.05) is 6.61 Å². The highest BCUT2D eigenvalue weighted by Crippen LogP contribution is 2.40. The van der Waals surface area contributed by atoms with Crippen LogP contribution in [0.2, 0.25) is 0 Å². The van der Waals surface area contributed by atoms with Crippen molar-refractivity contribution >= 4 is 0 Å². The molecule has 0 saturated heterocycles. The molecule has 3 rings (SSSR count). The first-order valence-corrected chi connectivity index (χ1v) is 7.62. The zero-order valence-electron chi connectivity index (χ0n) is 12.9. The molecule has 0 bridgehead atoms. The Morgan fingerprint density at radius 1 is 0.652 bits per heavy atom. The van der Waals surface area contributed by atoms with Gasteiger partial charge in [-0.2, -0.15) is 0 Å². The second-order valence-corrected chi connectivity index (χ2v) is 5.27. The molecule has 1 nitrogen and oxygen atoms in total. The molecule has 3 aromatic rings. The van der Waals surface area contributed by atoms with E-state index in [1.165, 1.54) is 0 Å². The number of rotatable bonds is 5. The van der Waals surface area contributed by atoms with Crippen molar-refractivity contribution in [2.24, 2.45) is 0 Å². The Hall–Kier alpha value is -2.82. The Morgan fingerprint density at radius 2 is 1.00 bits per heavy atom. The summed E-state index contributed by atoms with van der Waals surface area (Å²) in [6.07, 6.45) is 5.49. The molecule has 112 valence electrons. The molecule has 0 fully saturated rings. The molecular weight excluding hydrogens is 280 g/mol. The predicted octanol–water partition coefficient (Wildman–Crippen LogP) is 4.63. The number of ether oxygens (including phenoxy) is 1. The second kappa shape index (κ2) is 6.96. The molecule has 0 radical (unpaired) electrons. The fourth-order valence-corrected chi connectivity index (χ4v) is 2.92. The fourth-order valence-electron chi connectivity index (χ4n) is 2.92. The van der Waals surface area contributed by atoms with Crippen LogP contribution in [0.15, 0.2) is 91.0 Å². The first-order chi connectivity index (χ1) is 11.4. The van der Waals surface area contributed by atoms with Crippen molar-refractivity contribution in [1.29, 1.82) is 0 Å². The SMILES string of the molecule is C#CCOC(c1ccccc1)(c1ccccc1)c1ccccc1. The lowest BCUT2D eigenvalue weighted by molar-refractivity contribution is 0.0354. The summed E-state index contributed by atoms with van der Waals surface area (Å²) < 4.78 is 6.30. The maximum absolute atomic E-state index is 6.30. The lowest BCUT2D eigenvalue weighted by Crippen LogP contribution is -2.33. The van der Waals surface area contributed by atoms with Crippen molar-refractivity contribution < 1.29 is 4.74 Å². The van der Waals surface area contributed by atoms with Crippen molar-refractivity contribution in [3.8, 4) is 12.3 Å². The third kappa shape index (κ3) is 2.90. The molecular formula is C22H18O. The van der Waals surface area contributed by atoms with E-state index in [1.807, 2.05) is 54.6 Å². The highest BCUT2D eigenvalue weighted by molar-refractivity contribution is 5.47. The minimum Gasteiger partial charge on any atom is -0.348 e. The maximum atomic E-state index is 6.30. The van der Waals surface area contributed by atoms with Crippen LogP contribution in [0.3, 0.4) is 0 Å². The maximum Gasteiger partial charge on any atom is 0.145 e. The van der Waals surface area contributed by atoms with E-state index in [9.17, 15) is 0 Å². The van der Waals surface area contributed by atoms with Gasteiger partial charge in [-0.3, -0.25) is 0 Å². The Balaban J connectivity index is 2.28. The highest BCUT2D eigenvalue weighted by Gasteiger charge is 2.37. The van der Waals surface area contributed by atoms with Crippen molar-refractivity contribution in [3.05, 3.63) is 108 Å². The first kappa shape index (κ1) is 15.1. The predicted molar refractivity (Wildman–Crippen MR) is 94.0 cm³/mol. The number of benzene rings is 3. The molecule has 0 saturated carbocycles. The van der Waals surface area contributed by atoms with Gasteiger partial charge in [-0.15, -0.1) is 6.42 Å². The fraction of sp³-hybridized carbons (Fsp3) is 0.0909. The van der Waals surface area contributed by atoms with Gasteiger partial charge in [0.05, 0.1) is 0 Å². The van der Waals surface area contributed by atoms with Crippen LogP contribution in [0, 0.1) is 12.3 Å². The summed E-state index contributed by atoms with van der Waals surface area (Å²) in [5, 5.41) is 0. The Morgan fingerprint density at radius 3 is 1.30 bits per heavy atom. The van der Waals surface area contributed by atoms with E-state index >= 15 is 0 Å². The summed E-state index contributed by atoms with van der Waals surface area (Å²) in [6.45, 7) is 0.235. The third-order valence-corrected chi connectivity index (χ3v) is 3.91. The van der Waals surface area contributed by atoms with Gasteiger partial charge >= 0.3 is 0 Å². The molecule has 0 aliphatic rings. The summed E-state index contributed by atoms with van der Waals surface area (Å²) in [6, 6.07) is 30.6. The smallest absolute Gasteiger partial charge is 0.145 e. The second-order valence-electron chi connectivity index (χ2n) is 5.27. The minimum atomic E-state index is -0.712. The van der Waals surface area contributed by atoms with Gasteiger partial charge < -0.3 is 4.74 Å². The van der Waals surface area contributed by atoms with Gasteiger partial charge in [0.15, 0.2) is 0 Å². The summed E-state index contributed by atoms with van der Waals surface area (Å²) in [7, 11) is 0. The van der Waals surface area contributed by atoms with Gasteiger partial charge in [0.1, 0.15) is 12.2 Å². The van der Waals surface area contributed by atoms with Crippen LogP contribution in [-0.2, 0) is 10.3 Å². The molecule has 0 unspecified atom stereocenters. The number of hydrogen-bond donors (Lipinski definition) is 0. The van der Waals surface area contributed by atoms with Gasteiger partial charge in [0.25, 0.3) is 0 Å². The summed E-state index contributed by atoms with van der Waals surface area (Å²) >= 11 is 0. The molecule has 0 heterocycles. The Labute approximate surface area is 137 Å². The van der Waals surface area contributed by atoms with Crippen LogP contribution in [-0.4, -0.2) is 6.61 Å². The van der Waals surface area contributed by atoms with Crippen LogP contribution in [0.5, 0.6) is 0 Å². The van der Waals surface area contributed by atoms with Gasteiger partial charge in [0.2, 0.25) is 0 Å². The zero-order valence-corrected chi connectivity index (χ0v) is 12.9. The largest absolute Gasteiger partial charge is 0.348 e. The van der Waals surface area contributed by atoms with E-state index in [2.05, 4.69) is 42.3 Å². The van der Waals surface area contributed by atoms with E-state index in [0.717, 1.165) is 16.7 Å². The van der Waals surface area contributed by atoms with E-state index in [1.54, 1.807) is 0 Å². The zero-order chi connectivity index (χ0) is 16.0. The normalized spacial score (nSPS) is 10.9. The molecule has 0 aliphatic carbocycles. The molecule has 0 aliphatic heterocycles.